The molecule has 7 heteroatoms. The number of amides is 3. The van der Waals surface area contributed by atoms with E-state index >= 15 is 0 Å². The van der Waals surface area contributed by atoms with Gasteiger partial charge in [-0.05, 0) is 55.5 Å². The Balaban J connectivity index is 1.41. The van der Waals surface area contributed by atoms with Gasteiger partial charge in [0.2, 0.25) is 5.91 Å². The summed E-state index contributed by atoms with van der Waals surface area (Å²) in [4.78, 5) is 52.2. The number of benzene rings is 2. The van der Waals surface area contributed by atoms with Gasteiger partial charge in [0.05, 0.1) is 7.11 Å². The lowest BCUT2D eigenvalue weighted by Gasteiger charge is -2.37. The van der Waals surface area contributed by atoms with E-state index in [2.05, 4.69) is 12.2 Å². The summed E-state index contributed by atoms with van der Waals surface area (Å²) in [6, 6.07) is 10.8. The number of methoxy groups -OCH3 is 1. The van der Waals surface area contributed by atoms with Crippen LogP contribution in [0.4, 0.5) is 0 Å². The molecular weight excluding hydrogens is 408 g/mol. The minimum Gasteiger partial charge on any atom is -0.467 e. The van der Waals surface area contributed by atoms with E-state index in [0.717, 1.165) is 18.2 Å². The van der Waals surface area contributed by atoms with E-state index < -0.39 is 11.5 Å². The minimum atomic E-state index is -0.982. The van der Waals surface area contributed by atoms with Crippen molar-refractivity contribution in [3.8, 4) is 0 Å². The first kappa shape index (κ1) is 22.0. The Morgan fingerprint density at radius 2 is 1.66 bits per heavy atom. The Bertz CT molecular complexity index is 1030. The largest absolute Gasteiger partial charge is 0.467 e. The van der Waals surface area contributed by atoms with Crippen LogP contribution in [0.1, 0.15) is 66.2 Å². The predicted molar refractivity (Wildman–Crippen MR) is 119 cm³/mol. The van der Waals surface area contributed by atoms with Crippen LogP contribution in [0.3, 0.4) is 0 Å². The monoisotopic (exact) mass is 436 g/mol. The number of rotatable bonds is 6. The van der Waals surface area contributed by atoms with E-state index in [1.54, 1.807) is 24.3 Å². The van der Waals surface area contributed by atoms with Crippen LogP contribution >= 0.6 is 0 Å². The van der Waals surface area contributed by atoms with Crippen molar-refractivity contribution in [1.29, 1.82) is 0 Å². The zero-order chi connectivity index (χ0) is 22.9. The fourth-order valence-electron chi connectivity index (χ4n) is 4.84. The standard InChI is InChI=1S/C25H28N2O5/c1-16-11-13-25(14-12-16,24(31)32-2)26-20(28)10-5-15-27-22(29)18-8-3-6-17-7-4-9-19(21(17)18)23(27)30/h3-4,6-9,16H,5,10-15H2,1-2H3,(H,26,28). The van der Waals surface area contributed by atoms with Crippen molar-refractivity contribution in [1.82, 2.24) is 10.2 Å². The lowest BCUT2D eigenvalue weighted by molar-refractivity contribution is -0.153. The zero-order valence-corrected chi connectivity index (χ0v) is 18.5. The van der Waals surface area contributed by atoms with Gasteiger partial charge >= 0.3 is 5.97 Å². The predicted octanol–water partition coefficient (Wildman–Crippen LogP) is 3.45. The molecule has 4 rings (SSSR count). The van der Waals surface area contributed by atoms with Crippen molar-refractivity contribution < 1.29 is 23.9 Å². The molecule has 168 valence electrons. The highest BCUT2D eigenvalue weighted by Crippen LogP contribution is 2.33. The number of hydrogen-bond acceptors (Lipinski definition) is 5. The van der Waals surface area contributed by atoms with Crippen molar-refractivity contribution in [2.45, 2.75) is 51.0 Å². The number of carbonyl (C=O) groups excluding carboxylic acids is 4. The van der Waals surface area contributed by atoms with Crippen LogP contribution in [0.15, 0.2) is 36.4 Å². The molecule has 0 unspecified atom stereocenters. The summed E-state index contributed by atoms with van der Waals surface area (Å²) in [6.07, 6.45) is 3.22. The van der Waals surface area contributed by atoms with Gasteiger partial charge in [-0.3, -0.25) is 19.3 Å². The molecule has 0 saturated heterocycles. The molecule has 0 bridgehead atoms. The number of hydrogen-bond donors (Lipinski definition) is 1. The number of imide groups is 1. The fourth-order valence-corrected chi connectivity index (χ4v) is 4.84. The summed E-state index contributed by atoms with van der Waals surface area (Å²) in [5, 5.41) is 4.44. The number of ether oxygens (including phenoxy) is 1. The van der Waals surface area contributed by atoms with Gasteiger partial charge in [-0.2, -0.15) is 0 Å². The maximum absolute atomic E-state index is 13.0. The van der Waals surface area contributed by atoms with Crippen molar-refractivity contribution in [3.05, 3.63) is 47.5 Å². The highest BCUT2D eigenvalue weighted by molar-refractivity contribution is 6.25. The number of esters is 1. The number of carbonyl (C=O) groups is 4. The summed E-state index contributed by atoms with van der Waals surface area (Å²) >= 11 is 0. The lowest BCUT2D eigenvalue weighted by atomic mass is 9.77. The quantitative estimate of drug-likeness (QED) is 0.553. The smallest absolute Gasteiger partial charge is 0.331 e. The molecule has 7 nitrogen and oxygen atoms in total. The van der Waals surface area contributed by atoms with Crippen molar-refractivity contribution >= 4 is 34.5 Å². The van der Waals surface area contributed by atoms with Crippen molar-refractivity contribution in [3.63, 3.8) is 0 Å². The maximum Gasteiger partial charge on any atom is 0.331 e. The maximum atomic E-state index is 13.0. The summed E-state index contributed by atoms with van der Waals surface area (Å²) in [5.41, 5.74) is 0.0233. The summed E-state index contributed by atoms with van der Waals surface area (Å²) < 4.78 is 4.97. The third kappa shape index (κ3) is 3.87. The molecule has 0 radical (unpaired) electrons. The van der Waals surface area contributed by atoms with Crippen molar-refractivity contribution in [2.24, 2.45) is 5.92 Å². The first-order valence-electron chi connectivity index (χ1n) is 11.1. The van der Waals surface area contributed by atoms with Gasteiger partial charge in [0.15, 0.2) is 0 Å². The van der Waals surface area contributed by atoms with E-state index in [1.807, 2.05) is 12.1 Å². The van der Waals surface area contributed by atoms with Gasteiger partial charge in [-0.1, -0.05) is 31.2 Å². The topological polar surface area (TPSA) is 92.8 Å². The molecular formula is C25H28N2O5. The van der Waals surface area contributed by atoms with Gasteiger partial charge in [-0.25, -0.2) is 4.79 Å². The molecule has 0 atom stereocenters. The average molecular weight is 437 g/mol. The fraction of sp³-hybridized carbons (Fsp3) is 0.440. The Morgan fingerprint density at radius 3 is 2.22 bits per heavy atom. The van der Waals surface area contributed by atoms with Crippen LogP contribution in [0.5, 0.6) is 0 Å². The number of nitrogens with zero attached hydrogens (tertiary/aromatic N) is 1. The first-order valence-corrected chi connectivity index (χ1v) is 11.1. The summed E-state index contributed by atoms with van der Waals surface area (Å²) in [7, 11) is 1.33. The molecule has 2 aromatic carbocycles. The molecule has 1 aliphatic heterocycles. The van der Waals surface area contributed by atoms with Gasteiger partial charge < -0.3 is 10.1 Å². The molecule has 3 amide bonds. The number of nitrogens with one attached hydrogen (secondary N) is 1. The van der Waals surface area contributed by atoms with Crippen LogP contribution in [0, 0.1) is 5.92 Å². The highest BCUT2D eigenvalue weighted by atomic mass is 16.5. The van der Waals surface area contributed by atoms with Gasteiger partial charge in [0.25, 0.3) is 11.8 Å². The van der Waals surface area contributed by atoms with E-state index in [0.29, 0.717) is 41.7 Å². The van der Waals surface area contributed by atoms with Crippen LogP contribution < -0.4 is 5.32 Å². The van der Waals surface area contributed by atoms with Gasteiger partial charge in [-0.15, -0.1) is 0 Å². The zero-order valence-electron chi connectivity index (χ0n) is 18.5. The molecule has 32 heavy (non-hydrogen) atoms. The lowest BCUT2D eigenvalue weighted by Crippen LogP contribution is -2.56. The van der Waals surface area contributed by atoms with Crippen LogP contribution in [-0.2, 0) is 14.3 Å². The second-order valence-electron chi connectivity index (χ2n) is 8.88. The van der Waals surface area contributed by atoms with Gasteiger partial charge in [0.1, 0.15) is 5.54 Å². The third-order valence-electron chi connectivity index (χ3n) is 6.72. The van der Waals surface area contributed by atoms with Crippen LogP contribution in [-0.4, -0.2) is 47.8 Å². The van der Waals surface area contributed by atoms with E-state index in [-0.39, 0.29) is 30.7 Å². The van der Waals surface area contributed by atoms with Gasteiger partial charge in [0, 0.05) is 29.5 Å². The molecule has 1 heterocycles. The molecule has 1 N–H and O–H groups in total. The Kier molecular flexibility index (Phi) is 6.00. The Labute approximate surface area is 187 Å². The second-order valence-corrected chi connectivity index (χ2v) is 8.88. The van der Waals surface area contributed by atoms with E-state index in [1.165, 1.54) is 12.0 Å². The molecule has 1 fully saturated rings. The summed E-state index contributed by atoms with van der Waals surface area (Å²) in [6.45, 7) is 2.27. The van der Waals surface area contributed by atoms with Crippen molar-refractivity contribution in [2.75, 3.05) is 13.7 Å². The van der Waals surface area contributed by atoms with Crippen LogP contribution in [0.25, 0.3) is 10.8 Å². The highest BCUT2D eigenvalue weighted by Gasteiger charge is 2.43. The van der Waals surface area contributed by atoms with Crippen LogP contribution in [0.2, 0.25) is 0 Å². The van der Waals surface area contributed by atoms with E-state index in [9.17, 15) is 19.2 Å². The molecule has 0 aromatic heterocycles. The molecule has 1 saturated carbocycles. The third-order valence-corrected chi connectivity index (χ3v) is 6.72. The molecule has 1 aliphatic carbocycles. The first-order chi connectivity index (χ1) is 15.4. The second kappa shape index (κ2) is 8.73. The SMILES string of the molecule is COC(=O)C1(NC(=O)CCCN2C(=O)c3cccc4cccc(c34)C2=O)CCC(C)CC1. The molecule has 0 spiro atoms. The Morgan fingerprint density at radius 1 is 1.06 bits per heavy atom. The van der Waals surface area contributed by atoms with E-state index in [4.69, 9.17) is 4.74 Å². The minimum absolute atomic E-state index is 0.108. The molecule has 2 aromatic rings. The Hall–Kier alpha value is -3.22. The summed E-state index contributed by atoms with van der Waals surface area (Å²) in [5.74, 6) is -0.861. The molecule has 2 aliphatic rings. The average Bonchev–Trinajstić information content (AvgIpc) is 2.80. The normalized spacial score (nSPS) is 22.7.